The number of hydrogen-bond acceptors (Lipinski definition) is 2. The van der Waals surface area contributed by atoms with Crippen LogP contribution in [0.4, 0.5) is 4.79 Å². The smallest absolute Gasteiger partial charge is 0.315 e. The molecule has 0 saturated carbocycles. The Balaban J connectivity index is 3.26. The monoisotopic (exact) mass is 145 g/mol. The summed E-state index contributed by atoms with van der Waals surface area (Å²) in [5.41, 5.74) is 5.17. The molecule has 0 aliphatic heterocycles. The highest BCUT2D eigenvalue weighted by Gasteiger charge is 1.98. The average Bonchev–Trinajstić information content (AvgIpc) is 1.82. The van der Waals surface area contributed by atoms with E-state index >= 15 is 0 Å². The van der Waals surface area contributed by atoms with Gasteiger partial charge in [-0.05, 0) is 13.8 Å². The lowest BCUT2D eigenvalue weighted by Crippen LogP contribution is -2.41. The van der Waals surface area contributed by atoms with Gasteiger partial charge < -0.3 is 16.4 Å². The fraction of sp³-hybridized carbons (Fsp3) is 0.833. The normalized spacial score (nSPS) is 9.60. The molecule has 2 amide bonds. The maximum atomic E-state index is 10.7. The molecule has 4 nitrogen and oxygen atoms in total. The van der Waals surface area contributed by atoms with E-state index < -0.39 is 0 Å². The molecule has 0 heterocycles. The first kappa shape index (κ1) is 9.23. The van der Waals surface area contributed by atoms with Gasteiger partial charge in [-0.15, -0.1) is 0 Å². The molecule has 0 spiro atoms. The molecule has 0 atom stereocenters. The lowest BCUT2D eigenvalue weighted by atomic mass is 10.4. The van der Waals surface area contributed by atoms with Gasteiger partial charge in [-0.2, -0.15) is 0 Å². The lowest BCUT2D eigenvalue weighted by Gasteiger charge is -2.08. The molecule has 0 aromatic carbocycles. The van der Waals surface area contributed by atoms with Crippen LogP contribution in [0.25, 0.3) is 0 Å². The lowest BCUT2D eigenvalue weighted by molar-refractivity contribution is 0.239. The summed E-state index contributed by atoms with van der Waals surface area (Å²) >= 11 is 0. The van der Waals surface area contributed by atoms with E-state index in [9.17, 15) is 4.79 Å². The first-order valence-electron chi connectivity index (χ1n) is 3.41. The largest absolute Gasteiger partial charge is 0.337 e. The molecule has 0 aromatic heterocycles. The Morgan fingerprint density at radius 2 is 2.20 bits per heavy atom. The molecule has 0 aliphatic carbocycles. The van der Waals surface area contributed by atoms with Crippen molar-refractivity contribution in [1.82, 2.24) is 10.6 Å². The van der Waals surface area contributed by atoms with Crippen molar-refractivity contribution in [3.63, 3.8) is 0 Å². The van der Waals surface area contributed by atoms with E-state index in [0.29, 0.717) is 13.1 Å². The first-order valence-corrected chi connectivity index (χ1v) is 3.41. The molecule has 4 N–H and O–H groups in total. The standard InChI is InChI=1S/C6H15N3O/c1-5(2)9-6(10)8-4-3-7/h5H,3-4,7H2,1-2H3,(H2,8,9,10). The predicted molar refractivity (Wildman–Crippen MR) is 40.7 cm³/mol. The fourth-order valence-corrected chi connectivity index (χ4v) is 0.499. The van der Waals surface area contributed by atoms with Crippen LogP contribution in [0.15, 0.2) is 0 Å². The van der Waals surface area contributed by atoms with Gasteiger partial charge in [0.05, 0.1) is 0 Å². The predicted octanol–water partition coefficient (Wildman–Crippen LogP) is -0.347. The number of amides is 2. The van der Waals surface area contributed by atoms with Gasteiger partial charge in [-0.25, -0.2) is 4.79 Å². The highest BCUT2D eigenvalue weighted by atomic mass is 16.2. The van der Waals surface area contributed by atoms with E-state index in [1.165, 1.54) is 0 Å². The number of carbonyl (C=O) groups is 1. The molecule has 4 heteroatoms. The third kappa shape index (κ3) is 5.37. The van der Waals surface area contributed by atoms with E-state index in [1.807, 2.05) is 13.8 Å². The zero-order chi connectivity index (χ0) is 7.98. The topological polar surface area (TPSA) is 67.2 Å². The summed E-state index contributed by atoms with van der Waals surface area (Å²) in [6, 6.07) is 0.0261. The minimum absolute atomic E-state index is 0.152. The van der Waals surface area contributed by atoms with Gasteiger partial charge in [0.15, 0.2) is 0 Å². The Hall–Kier alpha value is -0.770. The number of urea groups is 1. The average molecular weight is 145 g/mol. The minimum atomic E-state index is -0.152. The molecular weight excluding hydrogens is 130 g/mol. The molecule has 0 radical (unpaired) electrons. The van der Waals surface area contributed by atoms with Crippen molar-refractivity contribution in [2.75, 3.05) is 13.1 Å². The highest BCUT2D eigenvalue weighted by Crippen LogP contribution is 1.74. The summed E-state index contributed by atoms with van der Waals surface area (Å²) in [7, 11) is 0. The van der Waals surface area contributed by atoms with E-state index in [-0.39, 0.29) is 12.1 Å². The molecule has 0 aromatic rings. The van der Waals surface area contributed by atoms with E-state index in [0.717, 1.165) is 0 Å². The Morgan fingerprint density at radius 3 is 2.60 bits per heavy atom. The second-order valence-electron chi connectivity index (χ2n) is 2.34. The van der Waals surface area contributed by atoms with Crippen LogP contribution in [0.1, 0.15) is 13.8 Å². The van der Waals surface area contributed by atoms with Crippen LogP contribution >= 0.6 is 0 Å². The minimum Gasteiger partial charge on any atom is -0.337 e. The maximum Gasteiger partial charge on any atom is 0.315 e. The number of hydrogen-bond donors (Lipinski definition) is 3. The van der Waals surface area contributed by atoms with Crippen molar-refractivity contribution in [2.45, 2.75) is 19.9 Å². The summed E-state index contributed by atoms with van der Waals surface area (Å²) in [5.74, 6) is 0. The molecule has 0 rings (SSSR count). The maximum absolute atomic E-state index is 10.7. The molecule has 10 heavy (non-hydrogen) atoms. The Bertz CT molecular complexity index is 103. The van der Waals surface area contributed by atoms with Gasteiger partial charge in [0.1, 0.15) is 0 Å². The van der Waals surface area contributed by atoms with Crippen molar-refractivity contribution in [1.29, 1.82) is 0 Å². The van der Waals surface area contributed by atoms with Crippen molar-refractivity contribution in [3.05, 3.63) is 0 Å². The highest BCUT2D eigenvalue weighted by molar-refractivity contribution is 5.73. The van der Waals surface area contributed by atoms with Gasteiger partial charge in [-0.1, -0.05) is 0 Å². The van der Waals surface area contributed by atoms with E-state index in [2.05, 4.69) is 10.6 Å². The Morgan fingerprint density at radius 1 is 1.60 bits per heavy atom. The van der Waals surface area contributed by atoms with Crippen LogP contribution in [0.2, 0.25) is 0 Å². The van der Waals surface area contributed by atoms with Crippen LogP contribution in [0.5, 0.6) is 0 Å². The number of carbonyl (C=O) groups excluding carboxylic acids is 1. The molecule has 60 valence electrons. The molecule has 0 fully saturated rings. The summed E-state index contributed by atoms with van der Waals surface area (Å²) < 4.78 is 0. The Kier molecular flexibility index (Phi) is 4.66. The second-order valence-corrected chi connectivity index (χ2v) is 2.34. The molecule has 0 aliphatic rings. The third-order valence-electron chi connectivity index (χ3n) is 0.850. The number of nitrogens with one attached hydrogen (secondary N) is 2. The van der Waals surface area contributed by atoms with Crippen LogP contribution in [0.3, 0.4) is 0 Å². The van der Waals surface area contributed by atoms with Crippen molar-refractivity contribution >= 4 is 6.03 Å². The molecule has 0 unspecified atom stereocenters. The zero-order valence-corrected chi connectivity index (χ0v) is 6.48. The van der Waals surface area contributed by atoms with Gasteiger partial charge >= 0.3 is 6.03 Å². The fourth-order valence-electron chi connectivity index (χ4n) is 0.499. The summed E-state index contributed by atoms with van der Waals surface area (Å²) in [5, 5.41) is 5.26. The molecule has 0 bridgehead atoms. The van der Waals surface area contributed by atoms with Gasteiger partial charge in [0, 0.05) is 19.1 Å². The summed E-state index contributed by atoms with van der Waals surface area (Å²) in [6.07, 6.45) is 0. The summed E-state index contributed by atoms with van der Waals surface area (Å²) in [6.45, 7) is 4.81. The zero-order valence-electron chi connectivity index (χ0n) is 6.48. The van der Waals surface area contributed by atoms with Gasteiger partial charge in [0.25, 0.3) is 0 Å². The van der Waals surface area contributed by atoms with Crippen LogP contribution in [-0.4, -0.2) is 25.2 Å². The number of nitrogens with two attached hydrogens (primary N) is 1. The van der Waals surface area contributed by atoms with Gasteiger partial charge in [0.2, 0.25) is 0 Å². The molecule has 0 saturated heterocycles. The molecular formula is C6H15N3O. The van der Waals surface area contributed by atoms with Crippen LogP contribution in [-0.2, 0) is 0 Å². The van der Waals surface area contributed by atoms with Crippen molar-refractivity contribution in [3.8, 4) is 0 Å². The van der Waals surface area contributed by atoms with E-state index in [4.69, 9.17) is 5.73 Å². The van der Waals surface area contributed by atoms with Crippen LogP contribution in [0, 0.1) is 0 Å². The SMILES string of the molecule is CC(C)NC(=O)NCCN. The second kappa shape index (κ2) is 5.05. The van der Waals surface area contributed by atoms with Crippen LogP contribution < -0.4 is 16.4 Å². The van der Waals surface area contributed by atoms with Crippen molar-refractivity contribution in [2.24, 2.45) is 5.73 Å². The van der Waals surface area contributed by atoms with E-state index in [1.54, 1.807) is 0 Å². The third-order valence-corrected chi connectivity index (χ3v) is 0.850. The number of rotatable bonds is 3. The summed E-state index contributed by atoms with van der Waals surface area (Å²) in [4.78, 5) is 10.7. The Labute approximate surface area is 61.2 Å². The van der Waals surface area contributed by atoms with Crippen molar-refractivity contribution < 1.29 is 4.79 Å². The quantitative estimate of drug-likeness (QED) is 0.508. The first-order chi connectivity index (χ1) is 4.66. The van der Waals surface area contributed by atoms with Gasteiger partial charge in [-0.3, -0.25) is 0 Å².